The summed E-state index contributed by atoms with van der Waals surface area (Å²) in [5.41, 5.74) is 0.117. The summed E-state index contributed by atoms with van der Waals surface area (Å²) >= 11 is 0. The maximum absolute atomic E-state index is 12.6. The number of ether oxygens (including phenoxy) is 1. The third-order valence-corrected chi connectivity index (χ3v) is 4.48. The van der Waals surface area contributed by atoms with Crippen LogP contribution in [0.1, 0.15) is 41.6 Å². The molecule has 0 unspecified atom stereocenters. The van der Waals surface area contributed by atoms with E-state index >= 15 is 0 Å². The van der Waals surface area contributed by atoms with E-state index in [-0.39, 0.29) is 16.9 Å². The molecule has 2 N–H and O–H groups in total. The Bertz CT molecular complexity index is 828. The predicted molar refractivity (Wildman–Crippen MR) is 101 cm³/mol. The average Bonchev–Trinajstić information content (AvgIpc) is 3.19. The van der Waals surface area contributed by atoms with Crippen molar-refractivity contribution >= 4 is 12.0 Å². The van der Waals surface area contributed by atoms with Crippen molar-refractivity contribution in [2.24, 2.45) is 5.92 Å². The van der Waals surface area contributed by atoms with Gasteiger partial charge >= 0.3 is 6.18 Å². The Balaban J connectivity index is 0.000000261. The Morgan fingerprint density at radius 3 is 2.46 bits per heavy atom. The molecule has 0 aliphatic heterocycles. The zero-order chi connectivity index (χ0) is 20.6. The van der Waals surface area contributed by atoms with Crippen LogP contribution in [0.25, 0.3) is 0 Å². The third kappa shape index (κ3) is 6.44. The minimum absolute atomic E-state index is 0.0247. The molecule has 5 nitrogen and oxygen atoms in total. The van der Waals surface area contributed by atoms with Crippen LogP contribution in [0.4, 0.5) is 18.9 Å². The Labute approximate surface area is 160 Å². The molecule has 1 heterocycles. The van der Waals surface area contributed by atoms with Gasteiger partial charge in [-0.2, -0.15) is 13.2 Å². The molecule has 1 fully saturated rings. The fourth-order valence-corrected chi connectivity index (χ4v) is 2.92. The first-order chi connectivity index (χ1) is 13.3. The highest BCUT2D eigenvalue weighted by Gasteiger charge is 2.31. The summed E-state index contributed by atoms with van der Waals surface area (Å²) < 4.78 is 43.2. The Morgan fingerprint density at radius 1 is 1.21 bits per heavy atom. The zero-order valence-electron chi connectivity index (χ0n) is 15.5. The van der Waals surface area contributed by atoms with Crippen molar-refractivity contribution < 1.29 is 22.7 Å². The number of pyridine rings is 1. The molecule has 1 aliphatic rings. The summed E-state index contributed by atoms with van der Waals surface area (Å²) in [6.45, 7) is 0.377. The van der Waals surface area contributed by atoms with Crippen LogP contribution in [0.15, 0.2) is 41.3 Å². The molecule has 0 atom stereocenters. The maximum Gasteiger partial charge on any atom is 0.416 e. The van der Waals surface area contributed by atoms with Gasteiger partial charge in [-0.3, -0.25) is 9.59 Å². The largest absolute Gasteiger partial charge is 0.493 e. The van der Waals surface area contributed by atoms with Crippen molar-refractivity contribution in [1.82, 2.24) is 4.98 Å². The second-order valence-corrected chi connectivity index (χ2v) is 6.52. The highest BCUT2D eigenvalue weighted by Crippen LogP contribution is 2.33. The van der Waals surface area contributed by atoms with E-state index in [1.807, 2.05) is 0 Å². The second-order valence-electron chi connectivity index (χ2n) is 6.52. The molecule has 0 bridgehead atoms. The van der Waals surface area contributed by atoms with Crippen molar-refractivity contribution in [1.29, 1.82) is 0 Å². The van der Waals surface area contributed by atoms with Crippen molar-refractivity contribution in [3.05, 3.63) is 58.0 Å². The first-order valence-electron chi connectivity index (χ1n) is 8.99. The van der Waals surface area contributed by atoms with E-state index in [2.05, 4.69) is 10.3 Å². The molecule has 1 aliphatic carbocycles. The molecular formula is C20H23F3N2O3. The summed E-state index contributed by atoms with van der Waals surface area (Å²) in [5.74, 6) is 0.408. The molecule has 152 valence electrons. The van der Waals surface area contributed by atoms with Crippen molar-refractivity contribution in [2.75, 3.05) is 19.0 Å². The minimum Gasteiger partial charge on any atom is -0.493 e. The monoisotopic (exact) mass is 396 g/mol. The van der Waals surface area contributed by atoms with Gasteiger partial charge in [0.25, 0.3) is 0 Å². The van der Waals surface area contributed by atoms with Gasteiger partial charge in [0.1, 0.15) is 5.75 Å². The van der Waals surface area contributed by atoms with Gasteiger partial charge in [-0.1, -0.05) is 12.8 Å². The molecular weight excluding hydrogens is 373 g/mol. The summed E-state index contributed by atoms with van der Waals surface area (Å²) in [6.07, 6.45) is 2.05. The van der Waals surface area contributed by atoms with Gasteiger partial charge in [0, 0.05) is 25.0 Å². The summed E-state index contributed by atoms with van der Waals surface area (Å²) in [5, 5.41) is 2.85. The fraction of sp³-hybridized carbons (Fsp3) is 0.400. The number of aromatic amines is 1. The number of rotatable bonds is 5. The number of anilines is 1. The number of benzene rings is 1. The number of halogens is 3. The summed E-state index contributed by atoms with van der Waals surface area (Å²) in [6, 6.07) is 6.24. The lowest BCUT2D eigenvalue weighted by Gasteiger charge is -2.14. The molecule has 0 radical (unpaired) electrons. The van der Waals surface area contributed by atoms with Gasteiger partial charge in [0.15, 0.2) is 6.29 Å². The van der Waals surface area contributed by atoms with E-state index in [0.717, 1.165) is 49.6 Å². The van der Waals surface area contributed by atoms with Gasteiger partial charge in [-0.25, -0.2) is 0 Å². The molecule has 28 heavy (non-hydrogen) atoms. The summed E-state index contributed by atoms with van der Waals surface area (Å²) in [4.78, 5) is 23.9. The quantitative estimate of drug-likeness (QED) is 0.730. The number of aldehydes is 1. The number of carbonyl (C=O) groups excluding carboxylic acids is 1. The van der Waals surface area contributed by atoms with Crippen LogP contribution in [0.3, 0.4) is 0 Å². The molecule has 2 aromatic rings. The van der Waals surface area contributed by atoms with E-state index in [0.29, 0.717) is 18.8 Å². The maximum atomic E-state index is 12.6. The van der Waals surface area contributed by atoms with Crippen LogP contribution >= 0.6 is 0 Å². The van der Waals surface area contributed by atoms with Crippen molar-refractivity contribution in [3.8, 4) is 5.75 Å². The summed E-state index contributed by atoms with van der Waals surface area (Å²) in [7, 11) is 1.77. The first kappa shape index (κ1) is 21.5. The van der Waals surface area contributed by atoms with Crippen LogP contribution in [0, 0.1) is 5.92 Å². The number of nitrogens with one attached hydrogen (secondary N) is 2. The smallest absolute Gasteiger partial charge is 0.416 e. The average molecular weight is 396 g/mol. The highest BCUT2D eigenvalue weighted by atomic mass is 19.4. The van der Waals surface area contributed by atoms with E-state index < -0.39 is 11.7 Å². The highest BCUT2D eigenvalue weighted by molar-refractivity contribution is 5.79. The normalized spacial score (nSPS) is 14.1. The predicted octanol–water partition coefficient (Wildman–Crippen LogP) is 4.50. The number of carbonyl (C=O) groups is 1. The standard InChI is InChI=1S/C14H15F3O2.C6H8N2O/c15-14(16,17)12-6-5-11(8-18)13(7-12)19-9-10-3-1-2-4-10;1-7-5-2-3-8-6(9)4-5/h5-8,10H,1-4,9H2;2-4H,1H3,(H2,7,8,9). The molecule has 0 spiro atoms. The van der Waals surface area contributed by atoms with Crippen LogP contribution in [-0.4, -0.2) is 24.9 Å². The molecule has 1 aromatic carbocycles. The molecule has 0 amide bonds. The minimum atomic E-state index is -4.42. The molecule has 1 saturated carbocycles. The number of aromatic nitrogens is 1. The number of H-pyrrole nitrogens is 1. The number of alkyl halides is 3. The third-order valence-electron chi connectivity index (χ3n) is 4.48. The Kier molecular flexibility index (Phi) is 7.66. The van der Waals surface area contributed by atoms with Crippen LogP contribution in [-0.2, 0) is 6.18 Å². The lowest BCUT2D eigenvalue weighted by Crippen LogP contribution is -2.11. The Hall–Kier alpha value is -2.77. The lowest BCUT2D eigenvalue weighted by molar-refractivity contribution is -0.137. The fourth-order valence-electron chi connectivity index (χ4n) is 2.92. The number of hydrogen-bond acceptors (Lipinski definition) is 4. The molecule has 8 heteroatoms. The number of hydrogen-bond donors (Lipinski definition) is 2. The SMILES string of the molecule is CNc1cc[nH]c(=O)c1.O=Cc1ccc(C(F)(F)F)cc1OCC1CCCC1. The van der Waals surface area contributed by atoms with Crippen LogP contribution < -0.4 is 15.6 Å². The van der Waals surface area contributed by atoms with Crippen LogP contribution in [0.2, 0.25) is 0 Å². The molecule has 1 aromatic heterocycles. The second kappa shape index (κ2) is 9.96. The van der Waals surface area contributed by atoms with E-state index in [1.165, 1.54) is 6.07 Å². The van der Waals surface area contributed by atoms with Crippen molar-refractivity contribution in [2.45, 2.75) is 31.9 Å². The lowest BCUT2D eigenvalue weighted by atomic mass is 10.1. The van der Waals surface area contributed by atoms with Crippen LogP contribution in [0.5, 0.6) is 5.75 Å². The zero-order valence-corrected chi connectivity index (χ0v) is 15.5. The molecule has 3 rings (SSSR count). The van der Waals surface area contributed by atoms with E-state index in [1.54, 1.807) is 19.3 Å². The van der Waals surface area contributed by atoms with Gasteiger partial charge in [-0.05, 0) is 43.0 Å². The first-order valence-corrected chi connectivity index (χ1v) is 8.99. The van der Waals surface area contributed by atoms with Gasteiger partial charge in [0.2, 0.25) is 5.56 Å². The van der Waals surface area contributed by atoms with Gasteiger partial charge < -0.3 is 15.0 Å². The van der Waals surface area contributed by atoms with Gasteiger partial charge in [-0.15, -0.1) is 0 Å². The van der Waals surface area contributed by atoms with E-state index in [9.17, 15) is 22.8 Å². The van der Waals surface area contributed by atoms with Gasteiger partial charge in [0.05, 0.1) is 17.7 Å². The van der Waals surface area contributed by atoms with Crippen molar-refractivity contribution in [3.63, 3.8) is 0 Å². The molecule has 0 saturated heterocycles. The Morgan fingerprint density at radius 2 is 1.93 bits per heavy atom. The van der Waals surface area contributed by atoms with E-state index in [4.69, 9.17) is 4.74 Å². The topological polar surface area (TPSA) is 71.2 Å².